The van der Waals surface area contributed by atoms with E-state index in [9.17, 15) is 36.9 Å². The predicted octanol–water partition coefficient (Wildman–Crippen LogP) is 7.33. The largest absolute Gasteiger partial charge is 0.203 e. The van der Waals surface area contributed by atoms with Crippen molar-refractivity contribution >= 4 is 16.7 Å². The van der Waals surface area contributed by atoms with Crippen LogP contribution >= 0.6 is 0 Å². The van der Waals surface area contributed by atoms with Gasteiger partial charge in [0.05, 0.1) is 27.8 Å². The summed E-state index contributed by atoms with van der Waals surface area (Å²) >= 11 is 0. The molecule has 48 heavy (non-hydrogen) atoms. The molecule has 0 heterocycles. The lowest BCUT2D eigenvalue weighted by Gasteiger charge is -2.09. The van der Waals surface area contributed by atoms with Crippen LogP contribution in [-0.2, 0) is 0 Å². The molecule has 3 aromatic carbocycles. The smallest absolute Gasteiger partial charge is 0.180 e. The Kier molecular flexibility index (Phi) is 8.55. The van der Waals surface area contributed by atoms with Gasteiger partial charge in [0.25, 0.3) is 0 Å². The molecule has 4 rings (SSSR count). The molecule has 0 amide bonds. The Labute approximate surface area is 258 Å². The highest BCUT2D eigenvalue weighted by atomic mass is 19.2. The zero-order chi connectivity index (χ0) is 36.1. The molecule has 1 saturated carbocycles. The Morgan fingerprint density at radius 1 is 0.354 bits per heavy atom. The molecule has 5 nitrogen and oxygen atoms in total. The van der Waals surface area contributed by atoms with Gasteiger partial charge in [0, 0.05) is 22.3 Å². The maximum atomic E-state index is 15.1. The first kappa shape index (κ1) is 33.9. The fourth-order valence-electron chi connectivity index (χ4n) is 4.53. The van der Waals surface area contributed by atoms with Crippen LogP contribution in [0.1, 0.15) is 33.4 Å². The number of halogens is 12. The van der Waals surface area contributed by atoms with E-state index in [1.807, 2.05) is 0 Å². The molecule has 17 heteroatoms. The summed E-state index contributed by atoms with van der Waals surface area (Å²) in [7, 11) is 0. The van der Waals surface area contributed by atoms with E-state index in [4.69, 9.17) is 22.2 Å². The first-order valence-corrected chi connectivity index (χ1v) is 11.9. The summed E-state index contributed by atoms with van der Waals surface area (Å²) in [6, 6.07) is 4.35. The molecular formula is C31HF12N5. The summed E-state index contributed by atoms with van der Waals surface area (Å²) in [5, 5.41) is 46.2. The Morgan fingerprint density at radius 3 is 0.750 bits per heavy atom. The van der Waals surface area contributed by atoms with Crippen molar-refractivity contribution in [2.75, 3.05) is 0 Å². The fraction of sp³-hybridized carbons (Fsp3) is 0. The van der Waals surface area contributed by atoms with Crippen molar-refractivity contribution in [2.24, 2.45) is 0 Å². The van der Waals surface area contributed by atoms with E-state index >= 15 is 26.3 Å². The van der Waals surface area contributed by atoms with E-state index in [1.165, 1.54) is 5.92 Å². The maximum absolute atomic E-state index is 15.1. The Balaban J connectivity index is 2.38. The molecule has 0 aromatic heterocycles. The van der Waals surface area contributed by atoms with Crippen molar-refractivity contribution in [3.63, 3.8) is 0 Å². The van der Waals surface area contributed by atoms with Crippen LogP contribution in [0.2, 0.25) is 0 Å². The van der Waals surface area contributed by atoms with Crippen LogP contribution in [0.15, 0.2) is 16.7 Å². The number of terminal acetylenes is 1. The van der Waals surface area contributed by atoms with E-state index in [0.29, 0.717) is 0 Å². The number of benzene rings is 3. The third-order valence-electron chi connectivity index (χ3n) is 6.68. The van der Waals surface area contributed by atoms with Gasteiger partial charge in [-0.05, 0) is 0 Å². The lowest BCUT2D eigenvalue weighted by Crippen LogP contribution is -2.06. The van der Waals surface area contributed by atoms with Crippen LogP contribution in [-0.4, -0.2) is 0 Å². The number of nitrogens with zero attached hydrogens (tertiary/aromatic N) is 5. The van der Waals surface area contributed by atoms with Crippen LogP contribution in [0.4, 0.5) is 52.7 Å². The lowest BCUT2D eigenvalue weighted by atomic mass is 9.98. The van der Waals surface area contributed by atoms with Crippen LogP contribution in [0.25, 0.3) is 16.7 Å². The minimum atomic E-state index is -2.50. The molecular weight excluding hydrogens is 670 g/mol. The minimum absolute atomic E-state index is 0.782. The van der Waals surface area contributed by atoms with Gasteiger partial charge in [-0.15, -0.1) is 6.42 Å². The van der Waals surface area contributed by atoms with Gasteiger partial charge in [0.15, 0.2) is 69.8 Å². The number of rotatable bonds is 3. The molecule has 0 radical (unpaired) electrons. The zero-order valence-corrected chi connectivity index (χ0v) is 22.3. The number of allylic oxidation sites excluding steroid dienone is 6. The van der Waals surface area contributed by atoms with Gasteiger partial charge in [-0.1, -0.05) is 5.92 Å². The summed E-state index contributed by atoms with van der Waals surface area (Å²) < 4.78 is 178. The van der Waals surface area contributed by atoms with E-state index in [1.54, 1.807) is 0 Å². The molecule has 0 bridgehead atoms. The average Bonchev–Trinajstić information content (AvgIpc) is 3.78. The summed E-state index contributed by atoms with van der Waals surface area (Å²) in [5.41, 5.74) is -20.6. The molecule has 0 saturated heterocycles. The number of nitriles is 5. The predicted molar refractivity (Wildman–Crippen MR) is 134 cm³/mol. The van der Waals surface area contributed by atoms with E-state index in [0.717, 1.165) is 30.3 Å². The van der Waals surface area contributed by atoms with E-state index < -0.39 is 137 Å². The molecule has 1 fully saturated rings. The summed E-state index contributed by atoms with van der Waals surface area (Å²) in [6.45, 7) is 0. The van der Waals surface area contributed by atoms with Crippen molar-refractivity contribution in [3.8, 4) is 42.7 Å². The molecule has 3 aromatic rings. The van der Waals surface area contributed by atoms with E-state index in [-0.39, 0.29) is 0 Å². The number of hydrogen-bond acceptors (Lipinski definition) is 5. The summed E-state index contributed by atoms with van der Waals surface area (Å²) in [6.07, 6.45) is 5.26. The topological polar surface area (TPSA) is 119 Å². The average molecular weight is 671 g/mol. The SMILES string of the molecule is C#C/C(=C1\C(=C(C#N)c2c(F)c(F)c(C#N)c(F)c2F)\C1=C(\C#N)c1c(F)c(F)c(C#N)c(F)c1F)c1c(F)c(F)c(C#N)c(F)c1F. The Hall–Kier alpha value is -6.95. The standard InChI is InChI=1S/C31HF12N5/c1-2-8(17-26(38)20(32)11(5-46)21(33)27(17)39)14-15(9(3-44)18-28(40)22(34)12(6-47)23(35)29(18)41)16(14)10(4-45)19-30(42)24(36)13(7-48)25(37)31(19)43/h1H/b14-8-,15-9?,16-10-. The second-order valence-corrected chi connectivity index (χ2v) is 8.97. The van der Waals surface area contributed by atoms with Crippen LogP contribution in [0.5, 0.6) is 0 Å². The van der Waals surface area contributed by atoms with Gasteiger partial charge in [0.2, 0.25) is 0 Å². The second-order valence-electron chi connectivity index (χ2n) is 8.97. The van der Waals surface area contributed by atoms with Crippen LogP contribution in [0.3, 0.4) is 0 Å². The maximum Gasteiger partial charge on any atom is 0.180 e. The summed E-state index contributed by atoms with van der Waals surface area (Å²) in [4.78, 5) is 0. The van der Waals surface area contributed by atoms with Crippen molar-refractivity contribution in [1.82, 2.24) is 0 Å². The van der Waals surface area contributed by atoms with Crippen molar-refractivity contribution in [3.05, 3.63) is 120 Å². The van der Waals surface area contributed by atoms with Gasteiger partial charge in [-0.25, -0.2) is 52.7 Å². The molecule has 0 spiro atoms. The van der Waals surface area contributed by atoms with Gasteiger partial charge in [-0.2, -0.15) is 26.3 Å². The van der Waals surface area contributed by atoms with Crippen molar-refractivity contribution in [2.45, 2.75) is 0 Å². The second kappa shape index (κ2) is 12.1. The fourth-order valence-corrected chi connectivity index (χ4v) is 4.53. The monoisotopic (exact) mass is 671 g/mol. The first-order chi connectivity index (χ1) is 22.6. The highest BCUT2D eigenvalue weighted by molar-refractivity contribution is 6.12. The third kappa shape index (κ3) is 4.58. The Bertz CT molecular complexity index is 2060. The van der Waals surface area contributed by atoms with Gasteiger partial charge >= 0.3 is 0 Å². The Morgan fingerprint density at radius 2 is 0.562 bits per heavy atom. The summed E-state index contributed by atoms with van der Waals surface area (Å²) in [5.74, 6) is -27.9. The minimum Gasteiger partial charge on any atom is -0.203 e. The van der Waals surface area contributed by atoms with Crippen LogP contribution < -0.4 is 0 Å². The molecule has 1 aliphatic rings. The third-order valence-corrected chi connectivity index (χ3v) is 6.68. The molecule has 234 valence electrons. The van der Waals surface area contributed by atoms with Gasteiger partial charge < -0.3 is 0 Å². The zero-order valence-electron chi connectivity index (χ0n) is 22.3. The highest BCUT2D eigenvalue weighted by Crippen LogP contribution is 2.57. The van der Waals surface area contributed by atoms with Gasteiger partial charge in [-0.3, -0.25) is 0 Å². The molecule has 0 aliphatic heterocycles. The number of hydrogen-bond donors (Lipinski definition) is 0. The van der Waals surface area contributed by atoms with E-state index in [2.05, 4.69) is 0 Å². The van der Waals surface area contributed by atoms with Crippen molar-refractivity contribution in [1.29, 1.82) is 26.3 Å². The van der Waals surface area contributed by atoms with Crippen molar-refractivity contribution < 1.29 is 52.7 Å². The highest BCUT2D eigenvalue weighted by Gasteiger charge is 2.46. The lowest BCUT2D eigenvalue weighted by molar-refractivity contribution is 0.446. The molecule has 1 aliphatic carbocycles. The quantitative estimate of drug-likeness (QED) is 0.125. The molecule has 0 unspecified atom stereocenters. The van der Waals surface area contributed by atoms with Gasteiger partial charge in [0.1, 0.15) is 47.0 Å². The first-order valence-electron chi connectivity index (χ1n) is 11.9. The normalized spacial score (nSPS) is 14.9. The van der Waals surface area contributed by atoms with Crippen LogP contribution in [0, 0.1) is 139 Å². The molecule has 0 N–H and O–H groups in total. The molecule has 0 atom stereocenters.